The van der Waals surface area contributed by atoms with Crippen LogP contribution in [0.5, 0.6) is 0 Å². The summed E-state index contributed by atoms with van der Waals surface area (Å²) < 4.78 is 26.7. The maximum atomic E-state index is 13.3. The van der Waals surface area contributed by atoms with E-state index in [9.17, 15) is 13.6 Å². The zero-order chi connectivity index (χ0) is 21.4. The van der Waals surface area contributed by atoms with Gasteiger partial charge in [0, 0.05) is 12.5 Å². The summed E-state index contributed by atoms with van der Waals surface area (Å²) in [4.78, 5) is 14.5. The summed E-state index contributed by atoms with van der Waals surface area (Å²) >= 11 is 0. The molecule has 1 N–H and O–H groups in total. The molecule has 158 valence electrons. The highest BCUT2D eigenvalue weighted by Crippen LogP contribution is 2.29. The molecule has 0 unspecified atom stereocenters. The number of carbonyl (C=O) groups is 1. The van der Waals surface area contributed by atoms with Crippen molar-refractivity contribution in [2.45, 2.75) is 45.1 Å². The highest BCUT2D eigenvalue weighted by molar-refractivity contribution is 5.81. The Morgan fingerprint density at radius 3 is 1.83 bits per heavy atom. The van der Waals surface area contributed by atoms with E-state index in [1.807, 2.05) is 19.0 Å². The minimum Gasteiger partial charge on any atom is -0.355 e. The van der Waals surface area contributed by atoms with E-state index in [2.05, 4.69) is 19.2 Å². The van der Waals surface area contributed by atoms with E-state index in [4.69, 9.17) is 0 Å². The Bertz CT molecular complexity index is 712. The normalized spacial score (nSPS) is 12.6. The molecule has 3 nitrogen and oxygen atoms in total. The number of nitrogens with zero attached hydrogens (tertiary/aromatic N) is 1. The third kappa shape index (κ3) is 7.24. The van der Waals surface area contributed by atoms with Crippen molar-refractivity contribution in [2.24, 2.45) is 5.92 Å². The largest absolute Gasteiger partial charge is 0.355 e. The molecular formula is C24H32F2N2O. The molecule has 1 atom stereocenters. The van der Waals surface area contributed by atoms with Crippen LogP contribution in [-0.4, -0.2) is 37.5 Å². The lowest BCUT2D eigenvalue weighted by molar-refractivity contribution is -0.126. The molecule has 0 bridgehead atoms. The molecule has 2 aromatic carbocycles. The summed E-state index contributed by atoms with van der Waals surface area (Å²) in [5.74, 6) is -0.0517. The van der Waals surface area contributed by atoms with E-state index in [0.717, 1.165) is 30.4 Å². The van der Waals surface area contributed by atoms with Gasteiger partial charge >= 0.3 is 0 Å². The first kappa shape index (κ1) is 23.0. The predicted molar refractivity (Wildman–Crippen MR) is 114 cm³/mol. The molecule has 0 saturated heterocycles. The van der Waals surface area contributed by atoms with Crippen molar-refractivity contribution in [3.05, 3.63) is 71.3 Å². The molecule has 0 heterocycles. The van der Waals surface area contributed by atoms with Crippen LogP contribution in [0.3, 0.4) is 0 Å². The molecule has 29 heavy (non-hydrogen) atoms. The molecule has 2 rings (SSSR count). The van der Waals surface area contributed by atoms with Gasteiger partial charge in [-0.05, 0) is 74.7 Å². The van der Waals surface area contributed by atoms with Gasteiger partial charge in [-0.1, -0.05) is 38.1 Å². The lowest BCUT2D eigenvalue weighted by Gasteiger charge is -2.25. The number of halogens is 2. The first-order chi connectivity index (χ1) is 13.8. The van der Waals surface area contributed by atoms with E-state index in [1.54, 1.807) is 24.3 Å². The van der Waals surface area contributed by atoms with Crippen LogP contribution in [0, 0.1) is 17.6 Å². The van der Waals surface area contributed by atoms with E-state index in [1.165, 1.54) is 24.3 Å². The van der Waals surface area contributed by atoms with Crippen molar-refractivity contribution in [1.82, 2.24) is 10.2 Å². The minimum atomic E-state index is -0.279. The van der Waals surface area contributed by atoms with Gasteiger partial charge < -0.3 is 5.32 Å². The molecule has 0 radical (unpaired) electrons. The third-order valence-corrected chi connectivity index (χ3v) is 5.13. The quantitative estimate of drug-likeness (QED) is 0.569. The Morgan fingerprint density at radius 2 is 1.41 bits per heavy atom. The van der Waals surface area contributed by atoms with Crippen LogP contribution in [-0.2, 0) is 4.79 Å². The summed E-state index contributed by atoms with van der Waals surface area (Å²) in [7, 11) is 3.84. The molecule has 1 amide bonds. The van der Waals surface area contributed by atoms with Gasteiger partial charge in [0.05, 0.1) is 6.04 Å². The maximum Gasteiger partial charge on any atom is 0.237 e. The SMILES string of the molecule is CC(C)C[C@@H](C(=O)NCCCC(c1ccc(F)cc1)c1ccc(F)cc1)N(C)C. The number of nitrogens with one attached hydrogen (secondary N) is 1. The summed E-state index contributed by atoms with van der Waals surface area (Å²) in [6.07, 6.45) is 2.36. The predicted octanol–water partition coefficient (Wildman–Crippen LogP) is 4.97. The maximum absolute atomic E-state index is 13.3. The van der Waals surface area contributed by atoms with Crippen molar-refractivity contribution in [2.75, 3.05) is 20.6 Å². The van der Waals surface area contributed by atoms with Gasteiger partial charge in [0.1, 0.15) is 11.6 Å². The van der Waals surface area contributed by atoms with Crippen molar-refractivity contribution in [3.63, 3.8) is 0 Å². The van der Waals surface area contributed by atoms with Gasteiger partial charge in [0.15, 0.2) is 0 Å². The third-order valence-electron chi connectivity index (χ3n) is 5.13. The average Bonchev–Trinajstić information content (AvgIpc) is 2.67. The Labute approximate surface area is 173 Å². The first-order valence-corrected chi connectivity index (χ1v) is 10.2. The molecule has 5 heteroatoms. The van der Waals surface area contributed by atoms with Crippen molar-refractivity contribution in [3.8, 4) is 0 Å². The van der Waals surface area contributed by atoms with Gasteiger partial charge in [-0.15, -0.1) is 0 Å². The molecule has 0 aliphatic rings. The second-order valence-electron chi connectivity index (χ2n) is 8.20. The fourth-order valence-electron chi connectivity index (χ4n) is 3.55. The van der Waals surface area contributed by atoms with Crippen LogP contribution in [0.1, 0.15) is 50.2 Å². The fraction of sp³-hybridized carbons (Fsp3) is 0.458. The molecule has 0 fully saturated rings. The molecule has 0 spiro atoms. The topological polar surface area (TPSA) is 32.3 Å². The number of hydrogen-bond acceptors (Lipinski definition) is 2. The fourth-order valence-corrected chi connectivity index (χ4v) is 3.55. The summed E-state index contributed by atoms with van der Waals surface area (Å²) in [6.45, 7) is 4.79. The van der Waals surface area contributed by atoms with Gasteiger partial charge in [-0.3, -0.25) is 9.69 Å². The van der Waals surface area contributed by atoms with Crippen molar-refractivity contribution >= 4 is 5.91 Å². The van der Waals surface area contributed by atoms with E-state index < -0.39 is 0 Å². The van der Waals surface area contributed by atoms with Crippen LogP contribution in [0.25, 0.3) is 0 Å². The second kappa shape index (κ2) is 11.1. The van der Waals surface area contributed by atoms with Crippen LogP contribution in [0.2, 0.25) is 0 Å². The zero-order valence-corrected chi connectivity index (χ0v) is 17.8. The Morgan fingerprint density at radius 1 is 0.931 bits per heavy atom. The standard InChI is InChI=1S/C24H32F2N2O/c1-17(2)16-23(28(3)4)24(29)27-15-5-6-22(18-7-11-20(25)12-8-18)19-9-13-21(26)14-10-19/h7-14,17,22-23H,5-6,15-16H2,1-4H3,(H,27,29)/t23-/m0/s1. The monoisotopic (exact) mass is 402 g/mol. The Hall–Kier alpha value is -2.27. The zero-order valence-electron chi connectivity index (χ0n) is 17.8. The summed E-state index contributed by atoms with van der Waals surface area (Å²) in [6, 6.07) is 12.7. The average molecular weight is 403 g/mol. The van der Waals surface area contributed by atoms with Crippen LogP contribution in [0.15, 0.2) is 48.5 Å². The number of likely N-dealkylation sites (N-methyl/N-ethyl adjacent to an activating group) is 1. The van der Waals surface area contributed by atoms with E-state index in [-0.39, 0.29) is 29.5 Å². The molecule has 0 aliphatic heterocycles. The number of rotatable bonds is 10. The first-order valence-electron chi connectivity index (χ1n) is 10.2. The Balaban J connectivity index is 2.00. The highest BCUT2D eigenvalue weighted by atomic mass is 19.1. The summed E-state index contributed by atoms with van der Waals surface area (Å²) in [5.41, 5.74) is 1.96. The molecular weight excluding hydrogens is 370 g/mol. The smallest absolute Gasteiger partial charge is 0.237 e. The van der Waals surface area contributed by atoms with Gasteiger partial charge in [0.25, 0.3) is 0 Å². The van der Waals surface area contributed by atoms with Gasteiger partial charge in [-0.2, -0.15) is 0 Å². The number of carbonyl (C=O) groups excluding carboxylic acids is 1. The summed E-state index contributed by atoms with van der Waals surface area (Å²) in [5, 5.41) is 3.05. The van der Waals surface area contributed by atoms with E-state index in [0.29, 0.717) is 12.5 Å². The number of amides is 1. The number of hydrogen-bond donors (Lipinski definition) is 1. The molecule has 0 saturated carbocycles. The van der Waals surface area contributed by atoms with Crippen molar-refractivity contribution in [1.29, 1.82) is 0 Å². The number of benzene rings is 2. The molecule has 0 aromatic heterocycles. The highest BCUT2D eigenvalue weighted by Gasteiger charge is 2.21. The van der Waals surface area contributed by atoms with Gasteiger partial charge in [-0.25, -0.2) is 8.78 Å². The van der Waals surface area contributed by atoms with Crippen LogP contribution in [0.4, 0.5) is 8.78 Å². The minimum absolute atomic E-state index is 0.0217. The Kier molecular flexibility index (Phi) is 8.77. The van der Waals surface area contributed by atoms with Crippen molar-refractivity contribution < 1.29 is 13.6 Å². The molecule has 0 aliphatic carbocycles. The molecule has 2 aromatic rings. The van der Waals surface area contributed by atoms with Crippen LogP contribution >= 0.6 is 0 Å². The lowest BCUT2D eigenvalue weighted by Crippen LogP contribution is -2.44. The lowest BCUT2D eigenvalue weighted by atomic mass is 9.87. The van der Waals surface area contributed by atoms with E-state index >= 15 is 0 Å². The second-order valence-corrected chi connectivity index (χ2v) is 8.20. The van der Waals surface area contributed by atoms with Crippen LogP contribution < -0.4 is 5.32 Å². The van der Waals surface area contributed by atoms with Gasteiger partial charge in [0.2, 0.25) is 5.91 Å².